The van der Waals surface area contributed by atoms with Crippen molar-refractivity contribution in [2.75, 3.05) is 29.0 Å². The zero-order chi connectivity index (χ0) is 22.1. The van der Waals surface area contributed by atoms with Crippen LogP contribution >= 0.6 is 0 Å². The second kappa shape index (κ2) is 10.7. The third-order valence-electron chi connectivity index (χ3n) is 3.11. The molecule has 1 rings (SSSR count). The molecule has 0 unspecified atom stereocenters. The first-order valence-corrected chi connectivity index (χ1v) is 9.88. The number of carboxylic acid groups (broad SMARTS) is 2. The fourth-order valence-corrected chi connectivity index (χ4v) is 2.44. The van der Waals surface area contributed by atoms with Gasteiger partial charge in [-0.1, -0.05) is 13.3 Å². The highest BCUT2D eigenvalue weighted by molar-refractivity contribution is 7.92. The fourth-order valence-electron chi connectivity index (χ4n) is 1.90. The van der Waals surface area contributed by atoms with E-state index < -0.39 is 28.1 Å². The van der Waals surface area contributed by atoms with Crippen LogP contribution in [0.3, 0.4) is 0 Å². The number of unbranched alkanes of at least 4 members (excludes halogenated alkanes) is 1. The van der Waals surface area contributed by atoms with Crippen LogP contribution in [-0.4, -0.2) is 61.1 Å². The smallest absolute Gasteiger partial charge is 0.478 e. The van der Waals surface area contributed by atoms with Gasteiger partial charge in [-0.05, 0) is 19.4 Å². The molecule has 0 atom stereocenters. The topological polar surface area (TPSA) is 137 Å². The average molecular weight is 429 g/mol. The van der Waals surface area contributed by atoms with Crippen LogP contribution in [0.5, 0.6) is 0 Å². The zero-order valence-electron chi connectivity index (χ0n) is 15.4. The number of hydrogen-bond acceptors (Lipinski definition) is 6. The molecule has 0 aliphatic heterocycles. The minimum absolute atomic E-state index is 0.0124. The Kier molecular flexibility index (Phi) is 9.70. The molecule has 0 aromatic carbocycles. The fraction of sp³-hybridized carbons (Fsp3) is 0.533. The van der Waals surface area contributed by atoms with E-state index in [1.807, 2.05) is 11.8 Å². The zero-order valence-corrected chi connectivity index (χ0v) is 16.3. The van der Waals surface area contributed by atoms with Gasteiger partial charge in [0.15, 0.2) is 0 Å². The molecule has 1 aromatic heterocycles. The van der Waals surface area contributed by atoms with Gasteiger partial charge >= 0.3 is 18.1 Å². The monoisotopic (exact) mass is 429 g/mol. The second-order valence-electron chi connectivity index (χ2n) is 5.51. The van der Waals surface area contributed by atoms with E-state index in [2.05, 4.69) is 16.6 Å². The lowest BCUT2D eigenvalue weighted by atomic mass is 10.2. The molecule has 0 aliphatic carbocycles. The predicted octanol–water partition coefficient (Wildman–Crippen LogP) is 2.41. The highest BCUT2D eigenvalue weighted by Crippen LogP contribution is 2.22. The van der Waals surface area contributed by atoms with E-state index in [0.29, 0.717) is 18.9 Å². The number of sulfonamides is 1. The molecule has 1 aromatic rings. The summed E-state index contributed by atoms with van der Waals surface area (Å²) in [5.74, 6) is -3.53. The summed E-state index contributed by atoms with van der Waals surface area (Å²) >= 11 is 0. The van der Waals surface area contributed by atoms with Crippen molar-refractivity contribution in [2.45, 2.75) is 32.9 Å². The third kappa shape index (κ3) is 9.39. The minimum Gasteiger partial charge on any atom is -0.478 e. The van der Waals surface area contributed by atoms with Crippen molar-refractivity contribution in [2.24, 2.45) is 0 Å². The normalized spacial score (nSPS) is 11.2. The van der Waals surface area contributed by atoms with Gasteiger partial charge in [-0.25, -0.2) is 23.0 Å². The number of rotatable bonds is 8. The lowest BCUT2D eigenvalue weighted by Crippen LogP contribution is -2.27. The Balaban J connectivity index is 0.000000887. The molecule has 0 radical (unpaired) electrons. The van der Waals surface area contributed by atoms with E-state index >= 15 is 0 Å². The van der Waals surface area contributed by atoms with Crippen molar-refractivity contribution in [3.8, 4) is 0 Å². The van der Waals surface area contributed by atoms with Crippen LogP contribution in [0.25, 0.3) is 0 Å². The van der Waals surface area contributed by atoms with Crippen molar-refractivity contribution in [1.29, 1.82) is 0 Å². The summed E-state index contributed by atoms with van der Waals surface area (Å²) in [5, 5.41) is 16.4. The third-order valence-corrected chi connectivity index (χ3v) is 3.71. The summed E-state index contributed by atoms with van der Waals surface area (Å²) in [4.78, 5) is 26.3. The van der Waals surface area contributed by atoms with E-state index in [0.717, 1.165) is 19.1 Å². The number of nitrogens with zero attached hydrogens (tertiary/aromatic N) is 2. The molecule has 0 saturated carbocycles. The van der Waals surface area contributed by atoms with Crippen LogP contribution in [0.15, 0.2) is 12.3 Å². The van der Waals surface area contributed by atoms with Gasteiger partial charge in [-0.15, -0.1) is 0 Å². The number of nitrogens with one attached hydrogen (secondary N) is 1. The van der Waals surface area contributed by atoms with E-state index in [1.165, 1.54) is 12.3 Å². The molecule has 0 bridgehead atoms. The Morgan fingerprint density at radius 2 is 1.79 bits per heavy atom. The van der Waals surface area contributed by atoms with Gasteiger partial charge in [0.05, 0.1) is 18.1 Å². The Morgan fingerprint density at radius 3 is 2.14 bits per heavy atom. The number of carbonyl (C=O) groups is 2. The van der Waals surface area contributed by atoms with Crippen molar-refractivity contribution in [1.82, 2.24) is 4.98 Å². The standard InChI is InChI=1S/C13H21N3O4S.C2HF3O2/c1-4-6-7-16(5-2)12-11(13(17)18)8-10(9-14-12)15-21(3,19)20;3-2(4,5)1(6)7/h8-9,15H,4-7H2,1-3H3,(H,17,18);(H,6,7). The van der Waals surface area contributed by atoms with Gasteiger partial charge in [-0.3, -0.25) is 4.72 Å². The molecule has 0 aliphatic rings. The quantitative estimate of drug-likeness (QED) is 0.573. The van der Waals surface area contributed by atoms with E-state index in [9.17, 15) is 31.5 Å². The number of aromatic nitrogens is 1. The molecular formula is C15H22F3N3O6S. The molecule has 0 spiro atoms. The van der Waals surface area contributed by atoms with Crippen LogP contribution in [0.2, 0.25) is 0 Å². The first kappa shape index (κ1) is 25.4. The number of halogens is 3. The van der Waals surface area contributed by atoms with Crippen molar-refractivity contribution in [3.63, 3.8) is 0 Å². The van der Waals surface area contributed by atoms with E-state index in [4.69, 9.17) is 9.90 Å². The summed E-state index contributed by atoms with van der Waals surface area (Å²) < 4.78 is 56.4. The number of hydrogen-bond donors (Lipinski definition) is 3. The number of pyridine rings is 1. The molecule has 9 nitrogen and oxygen atoms in total. The van der Waals surface area contributed by atoms with Gasteiger partial charge in [-0.2, -0.15) is 13.2 Å². The maximum absolute atomic E-state index is 11.4. The van der Waals surface area contributed by atoms with Gasteiger partial charge in [0.2, 0.25) is 10.0 Å². The lowest BCUT2D eigenvalue weighted by molar-refractivity contribution is -0.192. The summed E-state index contributed by atoms with van der Waals surface area (Å²) in [6.45, 7) is 5.31. The van der Waals surface area contributed by atoms with Crippen LogP contribution in [0.4, 0.5) is 24.7 Å². The minimum atomic E-state index is -5.08. The molecule has 160 valence electrons. The molecule has 0 saturated heterocycles. The molecule has 28 heavy (non-hydrogen) atoms. The maximum atomic E-state index is 11.4. The average Bonchev–Trinajstić information content (AvgIpc) is 2.54. The first-order chi connectivity index (χ1) is 12.7. The van der Waals surface area contributed by atoms with Crippen molar-refractivity contribution >= 4 is 33.5 Å². The van der Waals surface area contributed by atoms with Crippen LogP contribution in [-0.2, 0) is 14.8 Å². The summed E-state index contributed by atoms with van der Waals surface area (Å²) in [5.41, 5.74) is 0.131. The SMILES string of the molecule is CCCCN(CC)c1ncc(NS(C)(=O)=O)cc1C(=O)O.O=C(O)C(F)(F)F. The Bertz CT molecular complexity index is 784. The second-order valence-corrected chi connectivity index (χ2v) is 7.26. The Morgan fingerprint density at radius 1 is 1.25 bits per heavy atom. The van der Waals surface area contributed by atoms with Crippen LogP contribution in [0, 0.1) is 0 Å². The lowest BCUT2D eigenvalue weighted by Gasteiger charge is -2.23. The molecule has 13 heteroatoms. The molecule has 1 heterocycles. The number of aromatic carboxylic acids is 1. The van der Waals surface area contributed by atoms with Gasteiger partial charge < -0.3 is 15.1 Å². The molecule has 0 fully saturated rings. The van der Waals surface area contributed by atoms with Crippen LogP contribution in [0.1, 0.15) is 37.0 Å². The first-order valence-electron chi connectivity index (χ1n) is 7.99. The summed E-state index contributed by atoms with van der Waals surface area (Å²) in [6.07, 6.45) is -0.830. The van der Waals surface area contributed by atoms with Gasteiger partial charge in [0, 0.05) is 13.1 Å². The van der Waals surface area contributed by atoms with Gasteiger partial charge in [0.25, 0.3) is 0 Å². The number of aliphatic carboxylic acids is 1. The molecular weight excluding hydrogens is 407 g/mol. The molecule has 0 amide bonds. The van der Waals surface area contributed by atoms with E-state index in [1.54, 1.807) is 0 Å². The summed E-state index contributed by atoms with van der Waals surface area (Å²) in [7, 11) is -3.47. The Hall–Kier alpha value is -2.57. The van der Waals surface area contributed by atoms with E-state index in [-0.39, 0.29) is 11.3 Å². The van der Waals surface area contributed by atoms with Crippen LogP contribution < -0.4 is 9.62 Å². The molecule has 3 N–H and O–H groups in total. The highest BCUT2D eigenvalue weighted by atomic mass is 32.2. The largest absolute Gasteiger partial charge is 0.490 e. The Labute approximate surface area is 160 Å². The predicted molar refractivity (Wildman–Crippen MR) is 96.1 cm³/mol. The van der Waals surface area contributed by atoms with Crippen molar-refractivity contribution in [3.05, 3.63) is 17.8 Å². The number of anilines is 2. The summed E-state index contributed by atoms with van der Waals surface area (Å²) in [6, 6.07) is 1.29. The highest BCUT2D eigenvalue weighted by Gasteiger charge is 2.38. The van der Waals surface area contributed by atoms with Crippen molar-refractivity contribution < 1.29 is 41.4 Å². The maximum Gasteiger partial charge on any atom is 0.490 e. The number of carboxylic acids is 2. The number of alkyl halides is 3. The van der Waals surface area contributed by atoms with Gasteiger partial charge in [0.1, 0.15) is 11.4 Å².